The fourth-order valence-electron chi connectivity index (χ4n) is 2.40. The minimum absolute atomic E-state index is 0.178. The van der Waals surface area contributed by atoms with Crippen LogP contribution in [0.4, 0.5) is 0 Å². The number of ether oxygens (including phenoxy) is 1. The van der Waals surface area contributed by atoms with Crippen molar-refractivity contribution in [3.63, 3.8) is 0 Å². The van der Waals surface area contributed by atoms with Crippen LogP contribution in [-0.2, 0) is 22.5 Å². The molecule has 0 unspecified atom stereocenters. The van der Waals surface area contributed by atoms with Crippen molar-refractivity contribution >= 4 is 17.3 Å². The van der Waals surface area contributed by atoms with Gasteiger partial charge in [-0.1, -0.05) is 0 Å². The molecule has 0 spiro atoms. The largest absolute Gasteiger partial charge is 0.469 e. The molecule has 0 amide bonds. The number of methoxy groups -OCH3 is 1. The predicted octanol–water partition coefficient (Wildman–Crippen LogP) is 1.82. The van der Waals surface area contributed by atoms with Crippen molar-refractivity contribution in [2.45, 2.75) is 50.7 Å². The maximum atomic E-state index is 11.2. The van der Waals surface area contributed by atoms with E-state index in [2.05, 4.69) is 16.1 Å². The number of nitrogens with two attached hydrogens (primary N) is 1. The summed E-state index contributed by atoms with van der Waals surface area (Å²) in [6.45, 7) is 0.881. The lowest BCUT2D eigenvalue weighted by Gasteiger charge is -2.26. The molecule has 1 aliphatic rings. The van der Waals surface area contributed by atoms with Gasteiger partial charge in [0, 0.05) is 28.4 Å². The Morgan fingerprint density at radius 2 is 2.05 bits per heavy atom. The molecule has 0 bridgehead atoms. The number of esters is 1. The molecule has 106 valence electrons. The molecule has 3 N–H and O–H groups in total. The molecule has 1 aromatic rings. The van der Waals surface area contributed by atoms with Crippen molar-refractivity contribution in [3.05, 3.63) is 21.9 Å². The van der Waals surface area contributed by atoms with Crippen LogP contribution in [0, 0.1) is 0 Å². The SMILES string of the molecule is COC(=O)Cc1ccc(CNC2CCC(N)CC2)s1. The van der Waals surface area contributed by atoms with Gasteiger partial charge in [0.1, 0.15) is 0 Å². The molecule has 4 nitrogen and oxygen atoms in total. The van der Waals surface area contributed by atoms with Crippen LogP contribution in [0.15, 0.2) is 12.1 Å². The molecule has 2 rings (SSSR count). The summed E-state index contributed by atoms with van der Waals surface area (Å²) in [5.41, 5.74) is 5.90. The Morgan fingerprint density at radius 1 is 1.37 bits per heavy atom. The third-order valence-electron chi connectivity index (χ3n) is 3.60. The number of hydrogen-bond acceptors (Lipinski definition) is 5. The van der Waals surface area contributed by atoms with E-state index in [1.165, 1.54) is 24.8 Å². The van der Waals surface area contributed by atoms with Gasteiger partial charge in [0.2, 0.25) is 0 Å². The number of rotatable bonds is 5. The summed E-state index contributed by atoms with van der Waals surface area (Å²) in [5.74, 6) is -0.178. The highest BCUT2D eigenvalue weighted by Gasteiger charge is 2.18. The Kier molecular flexibility index (Phi) is 5.36. The topological polar surface area (TPSA) is 64.3 Å². The van der Waals surface area contributed by atoms with E-state index in [9.17, 15) is 4.79 Å². The highest BCUT2D eigenvalue weighted by atomic mass is 32.1. The molecular formula is C14H22N2O2S. The van der Waals surface area contributed by atoms with Crippen LogP contribution < -0.4 is 11.1 Å². The first-order valence-corrected chi connectivity index (χ1v) is 7.62. The monoisotopic (exact) mass is 282 g/mol. The van der Waals surface area contributed by atoms with Crippen LogP contribution in [0.5, 0.6) is 0 Å². The van der Waals surface area contributed by atoms with E-state index in [0.717, 1.165) is 24.3 Å². The summed E-state index contributed by atoms with van der Waals surface area (Å²) in [5, 5.41) is 3.58. The van der Waals surface area contributed by atoms with Crippen molar-refractivity contribution < 1.29 is 9.53 Å². The van der Waals surface area contributed by atoms with Gasteiger partial charge in [-0.2, -0.15) is 0 Å². The van der Waals surface area contributed by atoms with Gasteiger partial charge in [0.05, 0.1) is 13.5 Å². The minimum Gasteiger partial charge on any atom is -0.469 e. The average Bonchev–Trinajstić information content (AvgIpc) is 2.85. The molecule has 1 saturated carbocycles. The first-order valence-electron chi connectivity index (χ1n) is 6.80. The number of carbonyl (C=O) groups is 1. The summed E-state index contributed by atoms with van der Waals surface area (Å²) in [7, 11) is 1.42. The number of carbonyl (C=O) groups excluding carboxylic acids is 1. The summed E-state index contributed by atoms with van der Waals surface area (Å²) >= 11 is 1.68. The highest BCUT2D eigenvalue weighted by Crippen LogP contribution is 2.20. The van der Waals surface area contributed by atoms with Gasteiger partial charge in [0.25, 0.3) is 0 Å². The van der Waals surface area contributed by atoms with Crippen LogP contribution in [0.2, 0.25) is 0 Å². The van der Waals surface area contributed by atoms with E-state index in [1.54, 1.807) is 11.3 Å². The molecule has 1 aromatic heterocycles. The van der Waals surface area contributed by atoms with Crippen molar-refractivity contribution in [3.8, 4) is 0 Å². The zero-order valence-electron chi connectivity index (χ0n) is 11.4. The first-order chi connectivity index (χ1) is 9.17. The molecule has 19 heavy (non-hydrogen) atoms. The van der Waals surface area contributed by atoms with Gasteiger partial charge in [-0.05, 0) is 37.8 Å². The maximum Gasteiger partial charge on any atom is 0.310 e. The fraction of sp³-hybridized carbons (Fsp3) is 0.643. The third kappa shape index (κ3) is 4.60. The third-order valence-corrected chi connectivity index (χ3v) is 4.69. The van der Waals surface area contributed by atoms with E-state index in [0.29, 0.717) is 18.5 Å². The number of nitrogens with one attached hydrogen (secondary N) is 1. The quantitative estimate of drug-likeness (QED) is 0.809. The molecule has 1 heterocycles. The van der Waals surface area contributed by atoms with E-state index in [-0.39, 0.29) is 5.97 Å². The average molecular weight is 282 g/mol. The van der Waals surface area contributed by atoms with Crippen LogP contribution in [0.1, 0.15) is 35.4 Å². The van der Waals surface area contributed by atoms with Crippen LogP contribution in [-0.4, -0.2) is 25.2 Å². The lowest BCUT2D eigenvalue weighted by atomic mass is 9.92. The standard InChI is InChI=1S/C14H22N2O2S/c1-18-14(17)8-12-6-7-13(19-12)9-16-11-4-2-10(15)3-5-11/h6-7,10-11,16H,2-5,8-9,15H2,1H3. The summed E-state index contributed by atoms with van der Waals surface area (Å²) < 4.78 is 4.67. The highest BCUT2D eigenvalue weighted by molar-refractivity contribution is 7.12. The maximum absolute atomic E-state index is 11.2. The van der Waals surface area contributed by atoms with Gasteiger partial charge in [-0.15, -0.1) is 11.3 Å². The zero-order chi connectivity index (χ0) is 13.7. The molecule has 0 atom stereocenters. The number of thiophene rings is 1. The van der Waals surface area contributed by atoms with Crippen LogP contribution >= 0.6 is 11.3 Å². The Bertz CT molecular complexity index is 411. The van der Waals surface area contributed by atoms with Crippen molar-refractivity contribution in [2.75, 3.05) is 7.11 Å². The van der Waals surface area contributed by atoms with Crippen molar-refractivity contribution in [1.29, 1.82) is 0 Å². The van der Waals surface area contributed by atoms with Crippen molar-refractivity contribution in [1.82, 2.24) is 5.32 Å². The van der Waals surface area contributed by atoms with Gasteiger partial charge >= 0.3 is 5.97 Å². The van der Waals surface area contributed by atoms with Crippen LogP contribution in [0.25, 0.3) is 0 Å². The summed E-state index contributed by atoms with van der Waals surface area (Å²) in [6.07, 6.45) is 4.95. The smallest absolute Gasteiger partial charge is 0.310 e. The second kappa shape index (κ2) is 7.03. The van der Waals surface area contributed by atoms with E-state index >= 15 is 0 Å². The molecule has 0 aliphatic heterocycles. The molecule has 1 fully saturated rings. The molecule has 5 heteroatoms. The van der Waals surface area contributed by atoms with Gasteiger partial charge in [0.15, 0.2) is 0 Å². The molecule has 0 aromatic carbocycles. The lowest BCUT2D eigenvalue weighted by molar-refractivity contribution is -0.139. The Labute approximate surface area is 118 Å². The van der Waals surface area contributed by atoms with E-state index < -0.39 is 0 Å². The molecular weight excluding hydrogens is 260 g/mol. The molecule has 0 radical (unpaired) electrons. The Morgan fingerprint density at radius 3 is 2.74 bits per heavy atom. The Hall–Kier alpha value is -0.910. The van der Waals surface area contributed by atoms with Gasteiger partial charge in [-0.3, -0.25) is 4.79 Å². The fourth-order valence-corrected chi connectivity index (χ4v) is 3.35. The van der Waals surface area contributed by atoms with E-state index in [1.807, 2.05) is 6.07 Å². The first kappa shape index (κ1) is 14.5. The van der Waals surface area contributed by atoms with E-state index in [4.69, 9.17) is 5.73 Å². The second-order valence-corrected chi connectivity index (χ2v) is 6.37. The molecule has 1 aliphatic carbocycles. The van der Waals surface area contributed by atoms with Gasteiger partial charge < -0.3 is 15.8 Å². The number of hydrogen-bond donors (Lipinski definition) is 2. The zero-order valence-corrected chi connectivity index (χ0v) is 12.2. The van der Waals surface area contributed by atoms with Crippen LogP contribution in [0.3, 0.4) is 0 Å². The molecule has 0 saturated heterocycles. The Balaban J connectivity index is 1.75. The summed E-state index contributed by atoms with van der Waals surface area (Å²) in [6, 6.07) is 5.08. The van der Waals surface area contributed by atoms with Gasteiger partial charge in [-0.25, -0.2) is 0 Å². The lowest BCUT2D eigenvalue weighted by Crippen LogP contribution is -2.36. The normalized spacial score (nSPS) is 23.3. The summed E-state index contributed by atoms with van der Waals surface area (Å²) in [4.78, 5) is 13.5. The van der Waals surface area contributed by atoms with Crippen molar-refractivity contribution in [2.24, 2.45) is 5.73 Å². The second-order valence-electron chi connectivity index (χ2n) is 5.11. The minimum atomic E-state index is -0.178. The predicted molar refractivity (Wildman–Crippen MR) is 77.1 cm³/mol.